The predicted molar refractivity (Wildman–Crippen MR) is 41.4 cm³/mol. The van der Waals surface area contributed by atoms with E-state index in [9.17, 15) is 0 Å². The molecule has 1 heterocycles. The van der Waals surface area contributed by atoms with Gasteiger partial charge in [0, 0.05) is 13.7 Å². The molecule has 1 aliphatic heterocycles. The number of hydrogen-bond donors (Lipinski definition) is 1. The van der Waals surface area contributed by atoms with Gasteiger partial charge in [-0.2, -0.15) is 0 Å². The lowest BCUT2D eigenvalue weighted by Crippen LogP contribution is -2.41. The van der Waals surface area contributed by atoms with Crippen LogP contribution in [0.15, 0.2) is 0 Å². The Bertz CT molecular complexity index is 116. The van der Waals surface area contributed by atoms with Crippen LogP contribution in [-0.4, -0.2) is 37.6 Å². The second-order valence-corrected chi connectivity index (χ2v) is 3.17. The first-order chi connectivity index (χ1) is 5.27. The molecule has 3 nitrogen and oxygen atoms in total. The summed E-state index contributed by atoms with van der Waals surface area (Å²) in [6.07, 6.45) is 0.946. The van der Waals surface area contributed by atoms with Gasteiger partial charge in [-0.15, -0.1) is 0 Å². The first-order valence-electron chi connectivity index (χ1n) is 4.03. The number of aliphatic hydroxyl groups is 1. The van der Waals surface area contributed by atoms with Crippen LogP contribution in [-0.2, 0) is 9.47 Å². The molecule has 66 valence electrons. The normalized spacial score (nSPS) is 39.0. The van der Waals surface area contributed by atoms with Crippen LogP contribution in [0.5, 0.6) is 0 Å². The molecule has 0 aromatic carbocycles. The maximum absolute atomic E-state index is 8.87. The maximum atomic E-state index is 8.87. The fourth-order valence-electron chi connectivity index (χ4n) is 1.43. The fourth-order valence-corrected chi connectivity index (χ4v) is 1.43. The summed E-state index contributed by atoms with van der Waals surface area (Å²) >= 11 is 0. The zero-order chi connectivity index (χ0) is 8.27. The predicted octanol–water partition coefficient (Wildman–Crippen LogP) is 0.419. The van der Waals surface area contributed by atoms with Crippen LogP contribution in [0.3, 0.4) is 0 Å². The zero-order valence-corrected chi connectivity index (χ0v) is 7.12. The highest BCUT2D eigenvalue weighted by molar-refractivity contribution is 4.77. The minimum Gasteiger partial charge on any atom is -0.394 e. The van der Waals surface area contributed by atoms with Gasteiger partial charge >= 0.3 is 0 Å². The van der Waals surface area contributed by atoms with Gasteiger partial charge in [-0.25, -0.2) is 0 Å². The van der Waals surface area contributed by atoms with E-state index in [1.165, 1.54) is 0 Å². The van der Waals surface area contributed by atoms with E-state index in [1.807, 2.05) is 0 Å². The molecular formula is C8H16O3. The summed E-state index contributed by atoms with van der Waals surface area (Å²) in [6.45, 7) is 2.93. The van der Waals surface area contributed by atoms with Crippen molar-refractivity contribution in [2.45, 2.75) is 25.6 Å². The van der Waals surface area contributed by atoms with Crippen LogP contribution in [0.2, 0.25) is 0 Å². The molecule has 3 unspecified atom stereocenters. The summed E-state index contributed by atoms with van der Waals surface area (Å²) in [6, 6.07) is 0. The number of methoxy groups -OCH3 is 1. The molecule has 3 atom stereocenters. The largest absolute Gasteiger partial charge is 0.394 e. The number of hydrogen-bond acceptors (Lipinski definition) is 3. The Morgan fingerprint density at radius 3 is 2.91 bits per heavy atom. The summed E-state index contributed by atoms with van der Waals surface area (Å²) < 4.78 is 10.5. The van der Waals surface area contributed by atoms with Crippen LogP contribution in [0, 0.1) is 5.92 Å². The van der Waals surface area contributed by atoms with Crippen LogP contribution in [0.25, 0.3) is 0 Å². The maximum Gasteiger partial charge on any atom is 0.107 e. The van der Waals surface area contributed by atoms with Crippen LogP contribution < -0.4 is 0 Å². The Labute approximate surface area is 67.3 Å². The molecule has 0 aliphatic carbocycles. The van der Waals surface area contributed by atoms with E-state index in [-0.39, 0.29) is 18.8 Å². The van der Waals surface area contributed by atoms with Crippen LogP contribution in [0.4, 0.5) is 0 Å². The summed E-state index contributed by atoms with van der Waals surface area (Å²) in [5.41, 5.74) is 0. The molecule has 0 radical (unpaired) electrons. The van der Waals surface area contributed by atoms with Gasteiger partial charge in [0.05, 0.1) is 12.7 Å². The molecule has 3 heteroatoms. The highest BCUT2D eigenvalue weighted by Crippen LogP contribution is 2.20. The summed E-state index contributed by atoms with van der Waals surface area (Å²) in [4.78, 5) is 0. The molecule has 1 saturated heterocycles. The van der Waals surface area contributed by atoms with E-state index < -0.39 is 0 Å². The van der Waals surface area contributed by atoms with E-state index in [1.54, 1.807) is 7.11 Å². The molecule has 1 aliphatic rings. The zero-order valence-electron chi connectivity index (χ0n) is 7.12. The number of ether oxygens (including phenoxy) is 2. The smallest absolute Gasteiger partial charge is 0.107 e. The minimum atomic E-state index is -0.115. The van der Waals surface area contributed by atoms with E-state index >= 15 is 0 Å². The van der Waals surface area contributed by atoms with Gasteiger partial charge < -0.3 is 14.6 Å². The molecule has 1 N–H and O–H groups in total. The highest BCUT2D eigenvalue weighted by Gasteiger charge is 2.28. The molecule has 11 heavy (non-hydrogen) atoms. The SMILES string of the molecule is COC1CC(C)COC1CO. The molecular weight excluding hydrogens is 144 g/mol. The first-order valence-corrected chi connectivity index (χ1v) is 4.03. The van der Waals surface area contributed by atoms with Gasteiger partial charge in [0.15, 0.2) is 0 Å². The average Bonchev–Trinajstić information content (AvgIpc) is 2.04. The van der Waals surface area contributed by atoms with Crippen molar-refractivity contribution in [1.82, 2.24) is 0 Å². The van der Waals surface area contributed by atoms with Gasteiger partial charge in [0.25, 0.3) is 0 Å². The third-order valence-corrected chi connectivity index (χ3v) is 2.13. The molecule has 0 spiro atoms. The fraction of sp³-hybridized carbons (Fsp3) is 1.00. The molecule has 0 aromatic rings. The second-order valence-electron chi connectivity index (χ2n) is 3.17. The molecule has 0 amide bonds. The molecule has 1 fully saturated rings. The van der Waals surface area contributed by atoms with E-state index in [0.717, 1.165) is 13.0 Å². The van der Waals surface area contributed by atoms with Gasteiger partial charge in [-0.1, -0.05) is 6.92 Å². The lowest BCUT2D eigenvalue weighted by Gasteiger charge is -2.32. The van der Waals surface area contributed by atoms with Crippen molar-refractivity contribution < 1.29 is 14.6 Å². The monoisotopic (exact) mass is 160 g/mol. The molecule has 0 aromatic heterocycles. The minimum absolute atomic E-state index is 0.0607. The average molecular weight is 160 g/mol. The third kappa shape index (κ3) is 2.15. The Kier molecular flexibility index (Phi) is 3.30. The van der Waals surface area contributed by atoms with Crippen molar-refractivity contribution in [2.75, 3.05) is 20.3 Å². The Morgan fingerprint density at radius 2 is 2.36 bits per heavy atom. The van der Waals surface area contributed by atoms with Gasteiger partial charge in [0.1, 0.15) is 6.10 Å². The van der Waals surface area contributed by atoms with Crippen molar-refractivity contribution >= 4 is 0 Å². The molecule has 0 bridgehead atoms. The van der Waals surface area contributed by atoms with Crippen molar-refractivity contribution in [2.24, 2.45) is 5.92 Å². The number of rotatable bonds is 2. The third-order valence-electron chi connectivity index (χ3n) is 2.13. The van der Waals surface area contributed by atoms with Crippen molar-refractivity contribution in [1.29, 1.82) is 0 Å². The highest BCUT2D eigenvalue weighted by atomic mass is 16.5. The Morgan fingerprint density at radius 1 is 1.64 bits per heavy atom. The topological polar surface area (TPSA) is 38.7 Å². The van der Waals surface area contributed by atoms with E-state index in [0.29, 0.717) is 5.92 Å². The summed E-state index contributed by atoms with van der Waals surface area (Å²) in [7, 11) is 1.66. The second kappa shape index (κ2) is 4.04. The van der Waals surface area contributed by atoms with Crippen molar-refractivity contribution in [3.05, 3.63) is 0 Å². The van der Waals surface area contributed by atoms with E-state index in [4.69, 9.17) is 14.6 Å². The first kappa shape index (κ1) is 8.97. The van der Waals surface area contributed by atoms with Gasteiger partial charge in [-0.3, -0.25) is 0 Å². The molecule has 0 saturated carbocycles. The van der Waals surface area contributed by atoms with E-state index in [2.05, 4.69) is 6.92 Å². The molecule has 1 rings (SSSR count). The standard InChI is InChI=1S/C8H16O3/c1-6-3-7(10-2)8(4-9)11-5-6/h6-9H,3-5H2,1-2H3. The van der Waals surface area contributed by atoms with Gasteiger partial charge in [-0.05, 0) is 12.3 Å². The number of aliphatic hydroxyl groups excluding tert-OH is 1. The van der Waals surface area contributed by atoms with Gasteiger partial charge in [0.2, 0.25) is 0 Å². The lowest BCUT2D eigenvalue weighted by atomic mass is 9.98. The Hall–Kier alpha value is -0.120. The van der Waals surface area contributed by atoms with Crippen molar-refractivity contribution in [3.8, 4) is 0 Å². The quantitative estimate of drug-likeness (QED) is 0.636. The Balaban J connectivity index is 2.41. The van der Waals surface area contributed by atoms with Crippen LogP contribution >= 0.6 is 0 Å². The summed E-state index contributed by atoms with van der Waals surface area (Å²) in [5, 5.41) is 8.87. The van der Waals surface area contributed by atoms with Crippen molar-refractivity contribution in [3.63, 3.8) is 0 Å². The summed E-state index contributed by atoms with van der Waals surface area (Å²) in [5.74, 6) is 0.544. The van der Waals surface area contributed by atoms with Crippen LogP contribution in [0.1, 0.15) is 13.3 Å². The lowest BCUT2D eigenvalue weighted by molar-refractivity contribution is -0.126.